The zero-order chi connectivity index (χ0) is 27.7. The van der Waals surface area contributed by atoms with Crippen molar-refractivity contribution in [3.05, 3.63) is 48.5 Å². The molecular formula is C21H22F6N4O6. The molecule has 0 spiro atoms. The van der Waals surface area contributed by atoms with E-state index in [0.717, 1.165) is 37.8 Å². The van der Waals surface area contributed by atoms with E-state index in [1.54, 1.807) is 18.6 Å². The number of carboxylic acid groups (broad SMARTS) is 2. The van der Waals surface area contributed by atoms with Gasteiger partial charge >= 0.3 is 24.3 Å². The molecule has 2 aliphatic rings. The average molecular weight is 540 g/mol. The second kappa shape index (κ2) is 12.6. The summed E-state index contributed by atoms with van der Waals surface area (Å²) >= 11 is 0. The van der Waals surface area contributed by atoms with Gasteiger partial charge in [0.2, 0.25) is 5.95 Å². The molecule has 0 radical (unpaired) electrons. The van der Waals surface area contributed by atoms with E-state index < -0.39 is 24.3 Å². The summed E-state index contributed by atoms with van der Waals surface area (Å²) in [6.45, 7) is 4.63. The Balaban J connectivity index is 0.000000286. The van der Waals surface area contributed by atoms with Crippen molar-refractivity contribution in [2.75, 3.05) is 37.8 Å². The lowest BCUT2D eigenvalue weighted by Crippen LogP contribution is -2.36. The highest BCUT2D eigenvalue weighted by Crippen LogP contribution is 2.42. The zero-order valence-electron chi connectivity index (χ0n) is 18.9. The number of aliphatic carboxylic acids is 2. The fourth-order valence-electron chi connectivity index (χ4n) is 3.50. The molecule has 4 heterocycles. The normalized spacial score (nSPS) is 20.7. The quantitative estimate of drug-likeness (QED) is 0.545. The summed E-state index contributed by atoms with van der Waals surface area (Å²) in [6.07, 6.45) is -2.96. The van der Waals surface area contributed by atoms with Crippen molar-refractivity contribution >= 4 is 17.9 Å². The van der Waals surface area contributed by atoms with Gasteiger partial charge in [0.15, 0.2) is 0 Å². The molecule has 0 saturated carbocycles. The number of halogens is 6. The number of alkyl halides is 6. The van der Waals surface area contributed by atoms with Gasteiger partial charge in [0, 0.05) is 49.2 Å². The summed E-state index contributed by atoms with van der Waals surface area (Å²) in [7, 11) is 0. The summed E-state index contributed by atoms with van der Waals surface area (Å²) in [6, 6.07) is 5.81. The molecule has 0 bridgehead atoms. The molecule has 2 fully saturated rings. The monoisotopic (exact) mass is 540 g/mol. The third-order valence-electron chi connectivity index (χ3n) is 5.22. The fourth-order valence-corrected chi connectivity index (χ4v) is 3.50. The number of pyridine rings is 1. The van der Waals surface area contributed by atoms with Gasteiger partial charge in [-0.3, -0.25) is 4.98 Å². The van der Waals surface area contributed by atoms with Gasteiger partial charge in [0.05, 0.1) is 26.4 Å². The third-order valence-corrected chi connectivity index (χ3v) is 5.22. The number of carbonyl (C=O) groups is 2. The molecule has 2 saturated heterocycles. The predicted octanol–water partition coefficient (Wildman–Crippen LogP) is 2.81. The second-order valence-corrected chi connectivity index (χ2v) is 7.96. The Labute approximate surface area is 205 Å². The molecule has 0 unspecified atom stereocenters. The summed E-state index contributed by atoms with van der Waals surface area (Å²) < 4.78 is 75.2. The van der Waals surface area contributed by atoms with Crippen LogP contribution in [0.15, 0.2) is 43.0 Å². The molecule has 0 aliphatic carbocycles. The highest BCUT2D eigenvalue weighted by atomic mass is 19.4. The SMILES string of the molecule is O=C(O)C(F)(F)F.O=C(O)C(F)(F)F.c1cnc(N2C[C@@H]3COC[C@]3(COCc3cccnc3)C2)nc1. The maximum Gasteiger partial charge on any atom is 0.490 e. The van der Waals surface area contributed by atoms with Gasteiger partial charge in [-0.25, -0.2) is 19.6 Å². The summed E-state index contributed by atoms with van der Waals surface area (Å²) in [4.78, 5) is 32.9. The standard InChI is InChI=1S/C17H20N4O2.2C2HF3O2/c1-3-14(7-18-4-1)9-22-12-17-11-21(8-15(17)10-23-13-17)16-19-5-2-6-20-16;2*3-2(4,5)1(6)7/h1-7,15H,8-13H2;2*(H,6,7)/t15-,17-;;/m1../s1. The number of hydrogen-bond acceptors (Lipinski definition) is 8. The Bertz CT molecular complexity index is 988. The van der Waals surface area contributed by atoms with Crippen molar-refractivity contribution in [3.8, 4) is 0 Å². The van der Waals surface area contributed by atoms with E-state index in [0.29, 0.717) is 19.1 Å². The number of carboxylic acids is 2. The molecule has 2 aromatic heterocycles. The Morgan fingerprint density at radius 3 is 2.16 bits per heavy atom. The van der Waals surface area contributed by atoms with Crippen LogP contribution in [0.5, 0.6) is 0 Å². The molecule has 4 rings (SSSR count). The molecule has 204 valence electrons. The van der Waals surface area contributed by atoms with E-state index in [2.05, 4.69) is 19.9 Å². The molecule has 0 amide bonds. The van der Waals surface area contributed by atoms with Crippen LogP contribution in [0.25, 0.3) is 0 Å². The zero-order valence-corrected chi connectivity index (χ0v) is 18.9. The molecule has 2 aromatic rings. The largest absolute Gasteiger partial charge is 0.490 e. The molecule has 10 nitrogen and oxygen atoms in total. The van der Waals surface area contributed by atoms with E-state index >= 15 is 0 Å². The van der Waals surface area contributed by atoms with Crippen LogP contribution in [0.1, 0.15) is 5.56 Å². The molecular weight excluding hydrogens is 518 g/mol. The Morgan fingerprint density at radius 2 is 1.65 bits per heavy atom. The minimum absolute atomic E-state index is 0.0431. The van der Waals surface area contributed by atoms with Crippen molar-refractivity contribution in [1.29, 1.82) is 0 Å². The number of rotatable bonds is 5. The van der Waals surface area contributed by atoms with Crippen LogP contribution >= 0.6 is 0 Å². The van der Waals surface area contributed by atoms with Gasteiger partial charge in [-0.2, -0.15) is 26.3 Å². The first-order valence-electron chi connectivity index (χ1n) is 10.4. The molecule has 2 N–H and O–H groups in total. The Kier molecular flexibility index (Phi) is 10.1. The number of hydrogen-bond donors (Lipinski definition) is 2. The summed E-state index contributed by atoms with van der Waals surface area (Å²) in [5.74, 6) is -4.24. The predicted molar refractivity (Wildman–Crippen MR) is 112 cm³/mol. The number of ether oxygens (including phenoxy) is 2. The first-order chi connectivity index (χ1) is 17.2. The maximum absolute atomic E-state index is 10.6. The first-order valence-corrected chi connectivity index (χ1v) is 10.4. The molecule has 0 aromatic carbocycles. The number of aromatic nitrogens is 3. The van der Waals surface area contributed by atoms with Crippen LogP contribution in [0.4, 0.5) is 32.3 Å². The van der Waals surface area contributed by atoms with Crippen LogP contribution < -0.4 is 4.90 Å². The van der Waals surface area contributed by atoms with Gasteiger partial charge in [-0.1, -0.05) is 6.07 Å². The minimum atomic E-state index is -5.08. The van der Waals surface area contributed by atoms with Gasteiger partial charge in [-0.15, -0.1) is 0 Å². The highest BCUT2D eigenvalue weighted by Gasteiger charge is 2.51. The van der Waals surface area contributed by atoms with E-state index in [4.69, 9.17) is 29.3 Å². The molecule has 2 atom stereocenters. The lowest BCUT2D eigenvalue weighted by Gasteiger charge is -2.26. The molecule has 37 heavy (non-hydrogen) atoms. The summed E-state index contributed by atoms with van der Waals surface area (Å²) in [5.41, 5.74) is 1.14. The lowest BCUT2D eigenvalue weighted by molar-refractivity contribution is -0.193. The lowest BCUT2D eigenvalue weighted by atomic mass is 9.82. The molecule has 2 aliphatic heterocycles. The number of fused-ring (bicyclic) bond motifs is 1. The van der Waals surface area contributed by atoms with Crippen molar-refractivity contribution < 1.29 is 55.6 Å². The van der Waals surface area contributed by atoms with Crippen molar-refractivity contribution in [2.24, 2.45) is 11.3 Å². The van der Waals surface area contributed by atoms with Gasteiger partial charge in [0.1, 0.15) is 0 Å². The van der Waals surface area contributed by atoms with Crippen LogP contribution in [0, 0.1) is 11.3 Å². The molecule has 16 heteroatoms. The minimum Gasteiger partial charge on any atom is -0.475 e. The number of nitrogens with zero attached hydrogens (tertiary/aromatic N) is 4. The van der Waals surface area contributed by atoms with E-state index in [9.17, 15) is 26.3 Å². The van der Waals surface area contributed by atoms with Gasteiger partial charge in [-0.05, 0) is 17.7 Å². The van der Waals surface area contributed by atoms with Gasteiger partial charge in [0.25, 0.3) is 0 Å². The van der Waals surface area contributed by atoms with Crippen molar-refractivity contribution in [1.82, 2.24) is 15.0 Å². The van der Waals surface area contributed by atoms with Crippen LogP contribution in [-0.2, 0) is 25.7 Å². The smallest absolute Gasteiger partial charge is 0.475 e. The topological polar surface area (TPSA) is 135 Å². The maximum atomic E-state index is 10.6. The van der Waals surface area contributed by atoms with Crippen molar-refractivity contribution in [3.63, 3.8) is 0 Å². The van der Waals surface area contributed by atoms with Gasteiger partial charge < -0.3 is 24.6 Å². The van der Waals surface area contributed by atoms with E-state index in [-0.39, 0.29) is 5.41 Å². The average Bonchev–Trinajstić information content (AvgIpc) is 3.37. The summed E-state index contributed by atoms with van der Waals surface area (Å²) in [5, 5.41) is 14.2. The van der Waals surface area contributed by atoms with E-state index in [1.165, 1.54) is 0 Å². The van der Waals surface area contributed by atoms with Crippen LogP contribution in [-0.4, -0.2) is 82.4 Å². The highest BCUT2D eigenvalue weighted by molar-refractivity contribution is 5.73. The Hall–Kier alpha value is -3.53. The van der Waals surface area contributed by atoms with Crippen LogP contribution in [0.3, 0.4) is 0 Å². The third kappa shape index (κ3) is 9.13. The second-order valence-electron chi connectivity index (χ2n) is 7.96. The van der Waals surface area contributed by atoms with Crippen LogP contribution in [0.2, 0.25) is 0 Å². The van der Waals surface area contributed by atoms with Crippen molar-refractivity contribution in [2.45, 2.75) is 19.0 Å². The fraction of sp³-hybridized carbons (Fsp3) is 0.476. The first kappa shape index (κ1) is 29.7. The number of anilines is 1. The Morgan fingerprint density at radius 1 is 1.05 bits per heavy atom. The van der Waals surface area contributed by atoms with E-state index in [1.807, 2.05) is 24.4 Å².